The number of carbonyl (C=O) groups is 1. The zero-order valence-electron chi connectivity index (χ0n) is 8.97. The molecule has 0 spiro atoms. The van der Waals surface area contributed by atoms with Gasteiger partial charge in [0, 0.05) is 29.8 Å². The first-order chi connectivity index (χ1) is 8.31. The van der Waals surface area contributed by atoms with Crippen molar-refractivity contribution in [3.63, 3.8) is 0 Å². The van der Waals surface area contributed by atoms with Gasteiger partial charge in [0.05, 0.1) is 4.83 Å². The Hall–Kier alpha value is -1.62. The average Bonchev–Trinajstić information content (AvgIpc) is 2.86. The van der Waals surface area contributed by atoms with Gasteiger partial charge in [0.25, 0.3) is 6.47 Å². The first-order valence-electron chi connectivity index (χ1n) is 5.09. The number of halogens is 1. The molecule has 1 N–H and O–H groups in total. The van der Waals surface area contributed by atoms with Crippen LogP contribution in [0.2, 0.25) is 0 Å². The lowest BCUT2D eigenvalue weighted by atomic mass is 10.1. The number of nitrogens with zero attached hydrogens (tertiary/aromatic N) is 1. The molecule has 0 saturated carbocycles. The van der Waals surface area contributed by atoms with Gasteiger partial charge in [-0.3, -0.25) is 9.78 Å². The number of ether oxygens (including phenoxy) is 1. The third-order valence-electron chi connectivity index (χ3n) is 2.37. The van der Waals surface area contributed by atoms with Gasteiger partial charge in [-0.15, -0.1) is 0 Å². The Labute approximate surface area is 107 Å². The van der Waals surface area contributed by atoms with Crippen LogP contribution in [0.4, 0.5) is 0 Å². The van der Waals surface area contributed by atoms with E-state index in [4.69, 9.17) is 4.74 Å². The zero-order chi connectivity index (χ0) is 12.1. The Morgan fingerprint density at radius 1 is 1.47 bits per heavy atom. The van der Waals surface area contributed by atoms with Crippen molar-refractivity contribution in [2.24, 2.45) is 0 Å². The van der Waals surface area contributed by atoms with Crippen LogP contribution in [0, 0.1) is 0 Å². The third-order valence-corrected chi connectivity index (χ3v) is 3.16. The topological polar surface area (TPSA) is 55.0 Å². The van der Waals surface area contributed by atoms with E-state index in [0.717, 1.165) is 16.8 Å². The lowest BCUT2D eigenvalue weighted by molar-refractivity contribution is -0.128. The highest BCUT2D eigenvalue weighted by molar-refractivity contribution is 9.09. The molecule has 2 rings (SSSR count). The number of hydrogen-bond acceptors (Lipinski definition) is 3. The molecule has 0 fully saturated rings. The minimum Gasteiger partial charge on any atom is -0.466 e. The zero-order valence-corrected chi connectivity index (χ0v) is 10.6. The molecule has 0 aliphatic carbocycles. The number of pyridine rings is 1. The Balaban J connectivity index is 2.13. The van der Waals surface area contributed by atoms with Gasteiger partial charge in [-0.25, -0.2) is 0 Å². The number of rotatable bonds is 5. The molecule has 0 saturated heterocycles. The van der Waals surface area contributed by atoms with Gasteiger partial charge >= 0.3 is 0 Å². The average molecular weight is 295 g/mol. The van der Waals surface area contributed by atoms with E-state index in [2.05, 4.69) is 25.9 Å². The summed E-state index contributed by atoms with van der Waals surface area (Å²) >= 11 is 3.46. The van der Waals surface area contributed by atoms with E-state index in [1.54, 1.807) is 12.4 Å². The van der Waals surface area contributed by atoms with Crippen LogP contribution in [-0.2, 0) is 9.53 Å². The van der Waals surface area contributed by atoms with Crippen molar-refractivity contribution in [2.45, 2.75) is 4.83 Å². The Bertz CT molecular complexity index is 484. The van der Waals surface area contributed by atoms with Gasteiger partial charge in [-0.05, 0) is 23.8 Å². The molecule has 2 aromatic rings. The Morgan fingerprint density at radius 3 is 2.94 bits per heavy atom. The van der Waals surface area contributed by atoms with E-state index < -0.39 is 0 Å². The second-order valence-electron chi connectivity index (χ2n) is 3.48. The van der Waals surface area contributed by atoms with Crippen molar-refractivity contribution >= 4 is 22.4 Å². The quantitative estimate of drug-likeness (QED) is 0.681. The number of nitrogens with one attached hydrogen (secondary N) is 1. The second-order valence-corrected chi connectivity index (χ2v) is 4.58. The molecule has 0 aliphatic rings. The standard InChI is InChI=1S/C12H11BrN2O2/c13-11(7-17-8-16)10-5-12(15-6-10)9-1-3-14-4-2-9/h1-6,8,11,15H,7H2. The molecule has 17 heavy (non-hydrogen) atoms. The van der Waals surface area contributed by atoms with Gasteiger partial charge in [0.15, 0.2) is 0 Å². The number of hydrogen-bond donors (Lipinski definition) is 1. The molecule has 0 amide bonds. The fraction of sp³-hybridized carbons (Fsp3) is 0.167. The second kappa shape index (κ2) is 5.63. The molecule has 4 nitrogen and oxygen atoms in total. The predicted molar refractivity (Wildman–Crippen MR) is 67.7 cm³/mol. The number of aromatic nitrogens is 2. The van der Waals surface area contributed by atoms with E-state index >= 15 is 0 Å². The summed E-state index contributed by atoms with van der Waals surface area (Å²) in [6, 6.07) is 5.88. The lowest BCUT2D eigenvalue weighted by Gasteiger charge is -2.04. The van der Waals surface area contributed by atoms with Crippen molar-refractivity contribution in [1.29, 1.82) is 0 Å². The monoisotopic (exact) mass is 294 g/mol. The summed E-state index contributed by atoms with van der Waals surface area (Å²) in [6.45, 7) is 0.766. The maximum absolute atomic E-state index is 10.1. The summed E-state index contributed by atoms with van der Waals surface area (Å²) in [5, 5.41) is 0. The lowest BCUT2D eigenvalue weighted by Crippen LogP contribution is -1.98. The maximum atomic E-state index is 10.1. The van der Waals surface area contributed by atoms with E-state index in [0.29, 0.717) is 13.1 Å². The van der Waals surface area contributed by atoms with Crippen molar-refractivity contribution in [3.05, 3.63) is 42.4 Å². The smallest absolute Gasteiger partial charge is 0.293 e. The molecule has 0 radical (unpaired) electrons. The molecule has 2 heterocycles. The summed E-state index contributed by atoms with van der Waals surface area (Å²) < 4.78 is 4.71. The van der Waals surface area contributed by atoms with Crippen LogP contribution < -0.4 is 0 Å². The predicted octanol–water partition coefficient (Wildman–Crippen LogP) is 2.69. The van der Waals surface area contributed by atoms with Crippen molar-refractivity contribution in [1.82, 2.24) is 9.97 Å². The molecule has 0 aliphatic heterocycles. The molecular formula is C12H11BrN2O2. The van der Waals surface area contributed by atoms with Crippen LogP contribution in [-0.4, -0.2) is 23.0 Å². The first-order valence-corrected chi connectivity index (χ1v) is 6.01. The highest BCUT2D eigenvalue weighted by Gasteiger charge is 2.10. The summed E-state index contributed by atoms with van der Waals surface area (Å²) in [7, 11) is 0. The molecule has 5 heteroatoms. The van der Waals surface area contributed by atoms with Gasteiger partial charge in [-0.2, -0.15) is 0 Å². The van der Waals surface area contributed by atoms with Crippen molar-refractivity contribution in [2.75, 3.05) is 6.61 Å². The van der Waals surface area contributed by atoms with E-state index in [-0.39, 0.29) is 4.83 Å². The summed E-state index contributed by atoms with van der Waals surface area (Å²) in [5.74, 6) is 0. The molecule has 88 valence electrons. The minimum absolute atomic E-state index is 0.000428. The van der Waals surface area contributed by atoms with Crippen LogP contribution in [0.5, 0.6) is 0 Å². The largest absolute Gasteiger partial charge is 0.466 e. The third kappa shape index (κ3) is 2.94. The van der Waals surface area contributed by atoms with Crippen LogP contribution in [0.25, 0.3) is 11.3 Å². The summed E-state index contributed by atoms with van der Waals surface area (Å²) in [4.78, 5) is 17.3. The maximum Gasteiger partial charge on any atom is 0.293 e. The number of H-pyrrole nitrogens is 1. The highest BCUT2D eigenvalue weighted by Crippen LogP contribution is 2.27. The van der Waals surface area contributed by atoms with Gasteiger partial charge in [0.2, 0.25) is 0 Å². The minimum atomic E-state index is -0.000428. The molecular weight excluding hydrogens is 284 g/mol. The number of aromatic amines is 1. The van der Waals surface area contributed by atoms with Crippen molar-refractivity contribution < 1.29 is 9.53 Å². The van der Waals surface area contributed by atoms with Crippen LogP contribution >= 0.6 is 15.9 Å². The van der Waals surface area contributed by atoms with E-state index in [9.17, 15) is 4.79 Å². The summed E-state index contributed by atoms with van der Waals surface area (Å²) in [6.07, 6.45) is 5.39. The molecule has 2 aromatic heterocycles. The normalized spacial score (nSPS) is 12.1. The van der Waals surface area contributed by atoms with Crippen LogP contribution in [0.15, 0.2) is 36.8 Å². The number of carbonyl (C=O) groups excluding carboxylic acids is 1. The Morgan fingerprint density at radius 2 is 2.24 bits per heavy atom. The van der Waals surface area contributed by atoms with Crippen molar-refractivity contribution in [3.8, 4) is 11.3 Å². The van der Waals surface area contributed by atoms with Gasteiger partial charge < -0.3 is 9.72 Å². The van der Waals surface area contributed by atoms with Crippen LogP contribution in [0.3, 0.4) is 0 Å². The van der Waals surface area contributed by atoms with Gasteiger partial charge in [0.1, 0.15) is 6.61 Å². The molecule has 0 bridgehead atoms. The van der Waals surface area contributed by atoms with Crippen LogP contribution in [0.1, 0.15) is 10.4 Å². The number of alkyl halides is 1. The van der Waals surface area contributed by atoms with E-state index in [1.807, 2.05) is 24.4 Å². The SMILES string of the molecule is O=COCC(Br)c1c[nH]c(-c2ccncc2)c1. The fourth-order valence-electron chi connectivity index (χ4n) is 1.51. The van der Waals surface area contributed by atoms with E-state index in [1.165, 1.54) is 0 Å². The van der Waals surface area contributed by atoms with Gasteiger partial charge in [-0.1, -0.05) is 15.9 Å². The highest BCUT2D eigenvalue weighted by atomic mass is 79.9. The molecule has 0 aromatic carbocycles. The summed E-state index contributed by atoms with van der Waals surface area (Å²) in [5.41, 5.74) is 3.12. The molecule has 1 atom stereocenters. The first kappa shape index (κ1) is 11.9. The molecule has 1 unspecified atom stereocenters. The Kier molecular flexibility index (Phi) is 3.93. The fourth-order valence-corrected chi connectivity index (χ4v) is 1.93.